The van der Waals surface area contributed by atoms with Gasteiger partial charge in [0.25, 0.3) is 0 Å². The van der Waals surface area contributed by atoms with E-state index in [2.05, 4.69) is 437 Å². The minimum absolute atomic E-state index is 1.21. The van der Waals surface area contributed by atoms with Crippen LogP contribution in [-0.4, -0.2) is 0 Å². The summed E-state index contributed by atoms with van der Waals surface area (Å²) in [5.74, 6) is 0. The van der Waals surface area contributed by atoms with Crippen LogP contribution in [0.3, 0.4) is 0 Å². The molecule has 0 saturated carbocycles. The molecule has 0 bridgehead atoms. The fourth-order valence-electron chi connectivity index (χ4n) is 19.2. The zero-order valence-electron chi connectivity index (χ0n) is 83.1. The third kappa shape index (κ3) is 18.9. The Morgan fingerprint density at radius 2 is 0.234 bits per heavy atom. The van der Waals surface area contributed by atoms with E-state index >= 15 is 0 Å². The van der Waals surface area contributed by atoms with Gasteiger partial charge in [0.1, 0.15) is 0 Å². The van der Waals surface area contributed by atoms with E-state index in [-0.39, 0.29) is 0 Å². The van der Waals surface area contributed by atoms with Gasteiger partial charge in [0.15, 0.2) is 0 Å². The summed E-state index contributed by atoms with van der Waals surface area (Å²) in [6, 6.07) is 94.0. The van der Waals surface area contributed by atoms with Crippen molar-refractivity contribution in [3.05, 3.63) is 398 Å². The summed E-state index contributed by atoms with van der Waals surface area (Å²) < 4.78 is 0. The fraction of sp³-hybridized carbons (Fsp3) is 0.250. The van der Waals surface area contributed by atoms with Crippen molar-refractivity contribution >= 4 is 0 Å². The summed E-state index contributed by atoms with van der Waals surface area (Å²) in [4.78, 5) is 0. The lowest BCUT2D eigenvalue weighted by Crippen LogP contribution is -1.97. The third-order valence-corrected chi connectivity index (χ3v) is 28.7. The molecule has 0 saturated heterocycles. The van der Waals surface area contributed by atoms with Crippen molar-refractivity contribution in [2.24, 2.45) is 0 Å². The summed E-state index contributed by atoms with van der Waals surface area (Å²) in [7, 11) is 0. The Kier molecular flexibility index (Phi) is 28.1. The smallest absolute Gasteiger partial charge is 0.00755 e. The molecule has 16 aromatic carbocycles. The highest BCUT2D eigenvalue weighted by Crippen LogP contribution is 2.49. The first-order valence-electron chi connectivity index (χ1n) is 46.6. The molecular formula is C128H136. The van der Waals surface area contributed by atoms with Crippen LogP contribution < -0.4 is 0 Å². The van der Waals surface area contributed by atoms with Crippen molar-refractivity contribution in [3.63, 3.8) is 0 Å². The molecule has 0 unspecified atom stereocenters. The molecule has 16 aromatic rings. The van der Waals surface area contributed by atoms with Gasteiger partial charge in [-0.2, -0.15) is 0 Å². The van der Waals surface area contributed by atoms with Crippen LogP contribution in [0, 0.1) is 194 Å². The first-order valence-corrected chi connectivity index (χ1v) is 46.6. The van der Waals surface area contributed by atoms with Crippen molar-refractivity contribution < 1.29 is 0 Å². The molecule has 0 aliphatic heterocycles. The number of benzene rings is 16. The van der Waals surface area contributed by atoms with Crippen molar-refractivity contribution in [2.75, 3.05) is 0 Å². The Morgan fingerprint density at radius 1 is 0.102 bits per heavy atom. The molecule has 648 valence electrons. The highest BCUT2D eigenvalue weighted by Gasteiger charge is 2.25. The van der Waals surface area contributed by atoms with E-state index in [0.717, 1.165) is 0 Å². The predicted octanol–water partition coefficient (Wildman–Crippen LogP) is 37.4. The normalized spacial score (nSPS) is 11.1. The van der Waals surface area contributed by atoms with E-state index < -0.39 is 0 Å². The SMILES string of the molecule is CC.CC.Cc1cc(-c2cc(-c3cc(-c4ccccc4)cc(-c4cc(C)c(-c5cc(C)c(C)c(C)c5)c(-c5cc(C)c(C)c(C)c5)c4)c3)cc(-c3cc(C)c(C)c(C)c3)c2C)cc(C)c1C.Cc1cc(-c2cc(-c3cc(-c4ccccc4)cc(-c4cc(C)c(-c5cc(C)c(C)c(C)c5)c(-c5cc(C)c(C)c(C)c5)c4)c3)cc(C)c2-c2cc(C)c(C)c(C)c2)cc(C)c1C. The van der Waals surface area contributed by atoms with Crippen LogP contribution in [0.4, 0.5) is 0 Å². The first kappa shape index (κ1) is 93.2. The Morgan fingerprint density at radius 3 is 0.422 bits per heavy atom. The maximum absolute atomic E-state index is 2.46. The standard InChI is InChI=1S/2C62H62.2C2H6/c1-35-20-55(21-36(2)44(35)10)59-32-54(33-60(48(59)14)56-22-37(3)45(11)38(4)23-56)53-30-51(49-18-16-15-17-19-49)29-52(31-53)50-28-43(9)62(58-26-41(7)47(13)42(8)27-58)61(34-50)57-24-39(5)46(12)40(6)25-57;1-35-20-55(21-36(2)45(35)11)59-33-50(28-43(9)61(59)57-24-39(5)47(13)40(6)25-57)53-30-52(49-18-16-15-17-19-49)31-54(32-53)51-29-44(10)62(58-26-41(7)48(14)42(8)27-58)60(34-51)56-22-37(3)46(12)38(4)23-56;2*1-2/h2*15-34H,1-14H3;2*1-2H3. The Balaban J connectivity index is 0.000000211. The summed E-state index contributed by atoms with van der Waals surface area (Å²) in [6.07, 6.45) is 0. The van der Waals surface area contributed by atoms with Gasteiger partial charge >= 0.3 is 0 Å². The zero-order valence-corrected chi connectivity index (χ0v) is 83.1. The zero-order chi connectivity index (χ0) is 92.6. The summed E-state index contributed by atoms with van der Waals surface area (Å²) >= 11 is 0. The molecule has 0 aliphatic rings. The Hall–Kier alpha value is -12.5. The Labute approximate surface area is 770 Å². The van der Waals surface area contributed by atoms with E-state index in [4.69, 9.17) is 0 Å². The van der Waals surface area contributed by atoms with Gasteiger partial charge in [-0.05, 0) is 572 Å². The van der Waals surface area contributed by atoms with Crippen LogP contribution in [0.5, 0.6) is 0 Å². The minimum atomic E-state index is 1.21. The van der Waals surface area contributed by atoms with Crippen molar-refractivity contribution in [1.29, 1.82) is 0 Å². The van der Waals surface area contributed by atoms with E-state index in [0.29, 0.717) is 0 Å². The molecule has 0 atom stereocenters. The molecule has 128 heavy (non-hydrogen) atoms. The summed E-state index contributed by atoms with van der Waals surface area (Å²) in [6.45, 7) is 71.1. The highest BCUT2D eigenvalue weighted by molar-refractivity contribution is 5.97. The highest BCUT2D eigenvalue weighted by atomic mass is 14.3. The van der Waals surface area contributed by atoms with Crippen molar-refractivity contribution in [3.8, 4) is 156 Å². The van der Waals surface area contributed by atoms with Crippen molar-refractivity contribution in [1.82, 2.24) is 0 Å². The average molecular weight is 1670 g/mol. The largest absolute Gasteiger partial charge is 0.0683 e. The second-order valence-electron chi connectivity index (χ2n) is 37.1. The van der Waals surface area contributed by atoms with Crippen LogP contribution in [0.25, 0.3) is 156 Å². The van der Waals surface area contributed by atoms with E-state index in [1.165, 1.54) is 312 Å². The quantitative estimate of drug-likeness (QED) is 0.102. The van der Waals surface area contributed by atoms with Crippen LogP contribution in [0.15, 0.2) is 243 Å². The molecule has 0 N–H and O–H groups in total. The van der Waals surface area contributed by atoms with Crippen LogP contribution in [0.2, 0.25) is 0 Å². The average Bonchev–Trinajstić information content (AvgIpc) is 0.760. The van der Waals surface area contributed by atoms with Gasteiger partial charge in [0, 0.05) is 0 Å². The molecule has 0 aromatic heterocycles. The lowest BCUT2D eigenvalue weighted by atomic mass is 9.83. The molecule has 0 heteroatoms. The summed E-state index contributed by atoms with van der Waals surface area (Å²) in [5, 5.41) is 0. The molecule has 0 heterocycles. The van der Waals surface area contributed by atoms with Gasteiger partial charge in [-0.25, -0.2) is 0 Å². The van der Waals surface area contributed by atoms with Gasteiger partial charge in [0.05, 0.1) is 0 Å². The molecule has 0 spiro atoms. The van der Waals surface area contributed by atoms with E-state index in [9.17, 15) is 0 Å². The number of hydrogen-bond donors (Lipinski definition) is 0. The first-order chi connectivity index (χ1) is 61.0. The second-order valence-corrected chi connectivity index (χ2v) is 37.1. The van der Waals surface area contributed by atoms with Gasteiger partial charge in [-0.1, -0.05) is 204 Å². The predicted molar refractivity (Wildman–Crippen MR) is 564 cm³/mol. The second kappa shape index (κ2) is 38.6. The molecular weight excluding hydrogens is 1540 g/mol. The van der Waals surface area contributed by atoms with Gasteiger partial charge < -0.3 is 0 Å². The van der Waals surface area contributed by atoms with Gasteiger partial charge in [0.2, 0.25) is 0 Å². The fourth-order valence-corrected chi connectivity index (χ4v) is 19.2. The third-order valence-electron chi connectivity index (χ3n) is 28.7. The van der Waals surface area contributed by atoms with E-state index in [1.54, 1.807) is 0 Å². The van der Waals surface area contributed by atoms with Crippen LogP contribution >= 0.6 is 0 Å². The van der Waals surface area contributed by atoms with Gasteiger partial charge in [-0.3, -0.25) is 0 Å². The maximum Gasteiger partial charge on any atom is -0.00755 e. The summed E-state index contributed by atoms with van der Waals surface area (Å²) in [5.41, 5.74) is 72.3. The Bertz CT molecular complexity index is 6540. The lowest BCUT2D eigenvalue weighted by molar-refractivity contribution is 1.26. The van der Waals surface area contributed by atoms with Crippen molar-refractivity contribution in [2.45, 2.75) is 222 Å². The molecule has 0 amide bonds. The topological polar surface area (TPSA) is 0 Å². The number of rotatable bonds is 14. The van der Waals surface area contributed by atoms with Crippen LogP contribution in [-0.2, 0) is 0 Å². The minimum Gasteiger partial charge on any atom is -0.0683 e. The molecule has 16 rings (SSSR count). The number of aryl methyl sites for hydroxylation is 19. The molecule has 0 nitrogen and oxygen atoms in total. The molecule has 0 radical (unpaired) electrons. The maximum atomic E-state index is 2.46. The van der Waals surface area contributed by atoms with Crippen LogP contribution in [0.1, 0.15) is 183 Å². The van der Waals surface area contributed by atoms with Gasteiger partial charge in [-0.15, -0.1) is 0 Å². The lowest BCUT2D eigenvalue weighted by Gasteiger charge is -2.21. The molecule has 0 fully saturated rings. The van der Waals surface area contributed by atoms with E-state index in [1.807, 2.05) is 27.7 Å². The monoisotopic (exact) mass is 1670 g/mol. The number of hydrogen-bond acceptors (Lipinski definition) is 0. The molecule has 0 aliphatic carbocycles.